The molecule has 0 radical (unpaired) electrons. The Labute approximate surface area is 233 Å². The van der Waals surface area contributed by atoms with Gasteiger partial charge in [-0.05, 0) is 62.6 Å². The SMILES string of the molecule is CC(C)(C)NC(=O)C1c2ccccc2CCN1c1nc2c(cc1[N+](=O)[O-])c(=O)c(C(=O)O)cn2-c1ccc(F)cc1. The first-order valence-corrected chi connectivity index (χ1v) is 12.8. The molecular formula is C29H26FN5O6. The minimum absolute atomic E-state index is 0.0824. The lowest BCUT2D eigenvalue weighted by Crippen LogP contribution is -2.50. The van der Waals surface area contributed by atoms with Gasteiger partial charge in [0.05, 0.1) is 10.3 Å². The molecule has 1 atom stereocenters. The zero-order valence-corrected chi connectivity index (χ0v) is 22.4. The van der Waals surface area contributed by atoms with E-state index in [0.29, 0.717) is 12.0 Å². The second kappa shape index (κ2) is 10.1. The molecule has 1 unspecified atom stereocenters. The van der Waals surface area contributed by atoms with Gasteiger partial charge in [0.1, 0.15) is 17.4 Å². The van der Waals surface area contributed by atoms with Crippen LogP contribution in [-0.4, -0.2) is 43.5 Å². The summed E-state index contributed by atoms with van der Waals surface area (Å²) < 4.78 is 15.0. The fourth-order valence-corrected chi connectivity index (χ4v) is 5.04. The van der Waals surface area contributed by atoms with Crippen molar-refractivity contribution >= 4 is 34.4 Å². The molecule has 2 aromatic heterocycles. The van der Waals surface area contributed by atoms with Gasteiger partial charge in [-0.2, -0.15) is 0 Å². The maximum atomic E-state index is 13.7. The van der Waals surface area contributed by atoms with E-state index in [9.17, 15) is 34.0 Å². The summed E-state index contributed by atoms with van der Waals surface area (Å²) in [6.45, 7) is 5.67. The smallest absolute Gasteiger partial charge is 0.341 e. The van der Waals surface area contributed by atoms with Crippen LogP contribution < -0.4 is 15.6 Å². The van der Waals surface area contributed by atoms with Crippen LogP contribution in [0.15, 0.2) is 65.6 Å². The number of nitro groups is 1. The maximum absolute atomic E-state index is 13.7. The number of nitrogens with one attached hydrogen (secondary N) is 1. The van der Waals surface area contributed by atoms with E-state index in [4.69, 9.17) is 0 Å². The minimum Gasteiger partial charge on any atom is -0.477 e. The number of rotatable bonds is 5. The second-order valence-corrected chi connectivity index (χ2v) is 10.8. The predicted molar refractivity (Wildman–Crippen MR) is 149 cm³/mol. The van der Waals surface area contributed by atoms with Crippen molar-refractivity contribution in [2.75, 3.05) is 11.4 Å². The zero-order chi connectivity index (χ0) is 29.6. The molecule has 0 bridgehead atoms. The Morgan fingerprint density at radius 3 is 2.46 bits per heavy atom. The lowest BCUT2D eigenvalue weighted by molar-refractivity contribution is -0.384. The standard InChI is InChI=1S/C29H26FN5O6/c1-29(2,3)32-27(37)23-19-7-5-4-6-16(19)12-13-33(23)26-22(35(40)41)14-20-24(36)21(28(38)39)15-34(25(20)31-26)18-10-8-17(30)9-11-18/h4-11,14-15,23H,12-13H2,1-3H3,(H,32,37)(H,38,39). The van der Waals surface area contributed by atoms with Crippen LogP contribution in [0.4, 0.5) is 15.9 Å². The molecule has 1 aliphatic rings. The number of carbonyl (C=O) groups is 2. The van der Waals surface area contributed by atoms with E-state index in [1.165, 1.54) is 21.6 Å². The summed E-state index contributed by atoms with van der Waals surface area (Å²) in [7, 11) is 0. The summed E-state index contributed by atoms with van der Waals surface area (Å²) in [6.07, 6.45) is 1.52. The molecule has 4 aromatic rings. The number of hydrogen-bond acceptors (Lipinski definition) is 7. The Hall–Kier alpha value is -5.13. The van der Waals surface area contributed by atoms with Gasteiger partial charge in [0.2, 0.25) is 17.2 Å². The summed E-state index contributed by atoms with van der Waals surface area (Å²) in [5.74, 6) is -2.63. The summed E-state index contributed by atoms with van der Waals surface area (Å²) >= 11 is 0. The largest absolute Gasteiger partial charge is 0.477 e. The summed E-state index contributed by atoms with van der Waals surface area (Å²) in [5, 5.41) is 24.7. The van der Waals surface area contributed by atoms with Gasteiger partial charge < -0.3 is 19.9 Å². The number of fused-ring (bicyclic) bond motifs is 2. The van der Waals surface area contributed by atoms with E-state index < -0.39 is 50.9 Å². The first kappa shape index (κ1) is 27.4. The Bertz CT molecular complexity index is 1780. The van der Waals surface area contributed by atoms with Crippen molar-refractivity contribution in [3.8, 4) is 5.69 Å². The average Bonchev–Trinajstić information content (AvgIpc) is 2.91. The highest BCUT2D eigenvalue weighted by atomic mass is 19.1. The van der Waals surface area contributed by atoms with Gasteiger partial charge in [-0.25, -0.2) is 14.2 Å². The molecule has 1 amide bonds. The number of pyridine rings is 2. The van der Waals surface area contributed by atoms with Crippen molar-refractivity contribution in [2.45, 2.75) is 38.8 Å². The molecule has 0 spiro atoms. The number of benzene rings is 2. The lowest BCUT2D eigenvalue weighted by atomic mass is 9.91. The molecule has 0 saturated carbocycles. The van der Waals surface area contributed by atoms with Gasteiger partial charge in [0.25, 0.3) is 0 Å². The lowest BCUT2D eigenvalue weighted by Gasteiger charge is -2.38. The monoisotopic (exact) mass is 559 g/mol. The summed E-state index contributed by atoms with van der Waals surface area (Å²) in [4.78, 5) is 56.5. The van der Waals surface area contributed by atoms with Crippen LogP contribution in [-0.2, 0) is 11.2 Å². The van der Waals surface area contributed by atoms with Crippen LogP contribution >= 0.6 is 0 Å². The number of aromatic nitrogens is 2. The molecule has 0 saturated heterocycles. The highest BCUT2D eigenvalue weighted by Gasteiger charge is 2.39. The fraction of sp³-hybridized carbons (Fsp3) is 0.241. The third-order valence-corrected chi connectivity index (χ3v) is 6.77. The van der Waals surface area contributed by atoms with E-state index in [1.54, 1.807) is 12.1 Å². The maximum Gasteiger partial charge on any atom is 0.341 e. The van der Waals surface area contributed by atoms with Crippen LogP contribution in [0.3, 0.4) is 0 Å². The third-order valence-electron chi connectivity index (χ3n) is 6.77. The predicted octanol–water partition coefficient (Wildman–Crippen LogP) is 4.15. The van der Waals surface area contributed by atoms with Crippen molar-refractivity contribution in [3.63, 3.8) is 0 Å². The van der Waals surface area contributed by atoms with Crippen molar-refractivity contribution < 1.29 is 24.0 Å². The first-order valence-electron chi connectivity index (χ1n) is 12.8. The highest BCUT2D eigenvalue weighted by molar-refractivity contribution is 5.94. The second-order valence-electron chi connectivity index (χ2n) is 10.8. The number of amides is 1. The van der Waals surface area contributed by atoms with Crippen LogP contribution in [0.25, 0.3) is 16.7 Å². The number of hydrogen-bond donors (Lipinski definition) is 2. The number of carboxylic acid groups (broad SMARTS) is 1. The molecule has 0 fully saturated rings. The molecule has 12 heteroatoms. The van der Waals surface area contributed by atoms with Gasteiger partial charge in [-0.1, -0.05) is 24.3 Å². The van der Waals surface area contributed by atoms with Crippen LogP contribution in [0.5, 0.6) is 0 Å². The molecule has 0 aliphatic carbocycles. The summed E-state index contributed by atoms with van der Waals surface area (Å²) in [6, 6.07) is 12.4. The van der Waals surface area contributed by atoms with E-state index >= 15 is 0 Å². The topological polar surface area (TPSA) is 148 Å². The molecule has 2 aromatic carbocycles. The van der Waals surface area contributed by atoms with Crippen molar-refractivity contribution in [3.05, 3.63) is 104 Å². The van der Waals surface area contributed by atoms with Crippen molar-refractivity contribution in [2.24, 2.45) is 0 Å². The zero-order valence-electron chi connectivity index (χ0n) is 22.4. The van der Waals surface area contributed by atoms with Crippen LogP contribution in [0.2, 0.25) is 0 Å². The molecule has 41 heavy (non-hydrogen) atoms. The highest BCUT2D eigenvalue weighted by Crippen LogP contribution is 2.39. The van der Waals surface area contributed by atoms with E-state index in [0.717, 1.165) is 30.0 Å². The molecular weight excluding hydrogens is 533 g/mol. The van der Waals surface area contributed by atoms with E-state index in [2.05, 4.69) is 10.3 Å². The molecule has 210 valence electrons. The molecule has 5 rings (SSSR count). The van der Waals surface area contributed by atoms with Gasteiger partial charge >= 0.3 is 11.7 Å². The first-order chi connectivity index (χ1) is 19.4. The van der Waals surface area contributed by atoms with Crippen molar-refractivity contribution in [1.29, 1.82) is 0 Å². The normalized spacial score (nSPS) is 14.9. The number of halogens is 1. The number of carbonyl (C=O) groups excluding carboxylic acids is 1. The molecule has 1 aliphatic heterocycles. The molecule has 3 heterocycles. The van der Waals surface area contributed by atoms with Gasteiger partial charge in [-0.15, -0.1) is 0 Å². The van der Waals surface area contributed by atoms with Gasteiger partial charge in [-0.3, -0.25) is 19.7 Å². The van der Waals surface area contributed by atoms with E-state index in [-0.39, 0.29) is 29.1 Å². The number of nitrogens with zero attached hydrogens (tertiary/aromatic N) is 4. The van der Waals surface area contributed by atoms with Crippen molar-refractivity contribution in [1.82, 2.24) is 14.9 Å². The molecule has 11 nitrogen and oxygen atoms in total. The van der Waals surface area contributed by atoms with Gasteiger partial charge in [0.15, 0.2) is 5.65 Å². The third kappa shape index (κ3) is 5.11. The van der Waals surface area contributed by atoms with Gasteiger partial charge in [0, 0.05) is 30.0 Å². The quantitative estimate of drug-likeness (QED) is 0.274. The Morgan fingerprint density at radius 1 is 1.15 bits per heavy atom. The Morgan fingerprint density at radius 2 is 1.83 bits per heavy atom. The average molecular weight is 560 g/mol. The Kier molecular flexibility index (Phi) is 6.77. The molecule has 2 N–H and O–H groups in total. The number of carboxylic acids is 1. The minimum atomic E-state index is -1.54. The number of aromatic carboxylic acids is 1. The van der Waals surface area contributed by atoms with Crippen LogP contribution in [0.1, 0.15) is 48.3 Å². The number of anilines is 1. The summed E-state index contributed by atoms with van der Waals surface area (Å²) in [5.41, 5.74) is -0.994. The fourth-order valence-electron chi connectivity index (χ4n) is 5.04. The Balaban J connectivity index is 1.81. The van der Waals surface area contributed by atoms with E-state index in [1.807, 2.05) is 32.9 Å². The van der Waals surface area contributed by atoms with Crippen LogP contribution in [0, 0.1) is 15.9 Å².